The summed E-state index contributed by atoms with van der Waals surface area (Å²) < 4.78 is 16.4. The number of alkyl carbamates (subject to hydrolysis) is 1. The summed E-state index contributed by atoms with van der Waals surface area (Å²) in [7, 11) is 1.46. The van der Waals surface area contributed by atoms with E-state index in [0.717, 1.165) is 22.3 Å². The summed E-state index contributed by atoms with van der Waals surface area (Å²) in [6, 6.07) is 15.1. The van der Waals surface area contributed by atoms with Crippen molar-refractivity contribution in [2.45, 2.75) is 37.5 Å². The minimum Gasteiger partial charge on any atom is -0.481 e. The first-order valence-corrected chi connectivity index (χ1v) is 11.7. The molecule has 1 fully saturated rings. The zero-order valence-corrected chi connectivity index (χ0v) is 19.8. The van der Waals surface area contributed by atoms with Gasteiger partial charge in [0.15, 0.2) is 0 Å². The number of benzene rings is 2. The van der Waals surface area contributed by atoms with E-state index in [1.807, 2.05) is 36.4 Å². The number of nitrogens with one attached hydrogen (secondary N) is 1. The van der Waals surface area contributed by atoms with E-state index in [2.05, 4.69) is 17.4 Å². The number of carboxylic acid groups (broad SMARTS) is 1. The summed E-state index contributed by atoms with van der Waals surface area (Å²) in [6.45, 7) is 2.46. The Balaban J connectivity index is 1.41. The first kappa shape index (κ1) is 24.7. The molecule has 2 amide bonds. The number of rotatable bonds is 8. The van der Waals surface area contributed by atoms with E-state index in [0.29, 0.717) is 6.54 Å². The summed E-state index contributed by atoms with van der Waals surface area (Å²) >= 11 is 0. The molecule has 0 spiro atoms. The molecule has 186 valence electrons. The molecule has 3 atom stereocenters. The van der Waals surface area contributed by atoms with Gasteiger partial charge in [-0.2, -0.15) is 0 Å². The second-order valence-electron chi connectivity index (χ2n) is 8.76. The summed E-state index contributed by atoms with van der Waals surface area (Å²) in [5, 5.41) is 11.7. The number of carbonyl (C=O) groups is 3. The third-order valence-corrected chi connectivity index (χ3v) is 6.58. The molecule has 1 heterocycles. The first-order valence-electron chi connectivity index (χ1n) is 11.7. The topological polar surface area (TPSA) is 114 Å². The molecule has 0 radical (unpaired) electrons. The van der Waals surface area contributed by atoms with Gasteiger partial charge in [0.05, 0.1) is 25.2 Å². The van der Waals surface area contributed by atoms with Crippen molar-refractivity contribution >= 4 is 18.0 Å². The van der Waals surface area contributed by atoms with E-state index in [1.54, 1.807) is 6.92 Å². The van der Waals surface area contributed by atoms with Gasteiger partial charge in [0.2, 0.25) is 5.91 Å². The summed E-state index contributed by atoms with van der Waals surface area (Å²) in [6.07, 6.45) is -2.14. The lowest BCUT2D eigenvalue weighted by Gasteiger charge is -2.35. The molecule has 1 unspecified atom stereocenters. The van der Waals surface area contributed by atoms with Crippen molar-refractivity contribution in [2.24, 2.45) is 0 Å². The fourth-order valence-corrected chi connectivity index (χ4v) is 4.72. The second kappa shape index (κ2) is 10.9. The van der Waals surface area contributed by atoms with E-state index in [-0.39, 0.29) is 38.0 Å². The van der Waals surface area contributed by atoms with Gasteiger partial charge in [-0.15, -0.1) is 0 Å². The molecule has 9 nitrogen and oxygen atoms in total. The predicted molar refractivity (Wildman–Crippen MR) is 127 cm³/mol. The van der Waals surface area contributed by atoms with E-state index in [1.165, 1.54) is 12.0 Å². The summed E-state index contributed by atoms with van der Waals surface area (Å²) in [4.78, 5) is 38.6. The normalized spacial score (nSPS) is 18.8. The molecule has 1 saturated heterocycles. The van der Waals surface area contributed by atoms with Gasteiger partial charge in [0, 0.05) is 26.1 Å². The van der Waals surface area contributed by atoms with Gasteiger partial charge in [-0.3, -0.25) is 9.59 Å². The fraction of sp³-hybridized carbons (Fsp3) is 0.423. The molecular weight excluding hydrogens is 452 g/mol. The Labute approximate surface area is 204 Å². The van der Waals surface area contributed by atoms with Crippen molar-refractivity contribution in [1.82, 2.24) is 10.2 Å². The molecular formula is C26H30N2O7. The van der Waals surface area contributed by atoms with E-state index >= 15 is 0 Å². The fourth-order valence-electron chi connectivity index (χ4n) is 4.72. The van der Waals surface area contributed by atoms with Crippen LogP contribution in [0.3, 0.4) is 0 Å². The maximum atomic E-state index is 13.2. The predicted octanol–water partition coefficient (Wildman–Crippen LogP) is 2.63. The Morgan fingerprint density at radius 3 is 2.34 bits per heavy atom. The van der Waals surface area contributed by atoms with Crippen LogP contribution in [0.5, 0.6) is 0 Å². The maximum Gasteiger partial charge on any atom is 0.407 e. The van der Waals surface area contributed by atoms with Crippen LogP contribution in [-0.4, -0.2) is 79.6 Å². The number of ether oxygens (including phenoxy) is 3. The lowest BCUT2D eigenvalue weighted by Crippen LogP contribution is -2.57. The number of nitrogens with zero attached hydrogens (tertiary/aromatic N) is 1. The van der Waals surface area contributed by atoms with Gasteiger partial charge in [-0.25, -0.2) is 4.79 Å². The highest BCUT2D eigenvalue weighted by molar-refractivity contribution is 5.86. The molecule has 2 aromatic rings. The number of fused-ring (bicyclic) bond motifs is 3. The van der Waals surface area contributed by atoms with Crippen LogP contribution in [-0.2, 0) is 23.8 Å². The molecule has 9 heteroatoms. The van der Waals surface area contributed by atoms with Crippen LogP contribution in [0.25, 0.3) is 11.1 Å². The molecule has 2 aliphatic rings. The Kier molecular flexibility index (Phi) is 7.67. The van der Waals surface area contributed by atoms with Crippen molar-refractivity contribution in [3.8, 4) is 11.1 Å². The van der Waals surface area contributed by atoms with Crippen LogP contribution in [0, 0.1) is 0 Å². The van der Waals surface area contributed by atoms with Crippen molar-refractivity contribution in [3.63, 3.8) is 0 Å². The smallest absolute Gasteiger partial charge is 0.407 e. The second-order valence-corrected chi connectivity index (χ2v) is 8.76. The van der Waals surface area contributed by atoms with Gasteiger partial charge in [-0.1, -0.05) is 48.5 Å². The van der Waals surface area contributed by atoms with Crippen LogP contribution in [0.1, 0.15) is 30.4 Å². The van der Waals surface area contributed by atoms with Crippen LogP contribution in [0.2, 0.25) is 0 Å². The summed E-state index contributed by atoms with van der Waals surface area (Å²) in [5.74, 6) is -1.47. The number of carbonyl (C=O) groups excluding carboxylic acids is 2. The average molecular weight is 483 g/mol. The molecule has 0 bridgehead atoms. The maximum absolute atomic E-state index is 13.2. The van der Waals surface area contributed by atoms with Crippen LogP contribution in [0.15, 0.2) is 48.5 Å². The lowest BCUT2D eigenvalue weighted by atomic mass is 9.98. The number of morpholine rings is 1. The van der Waals surface area contributed by atoms with Gasteiger partial charge in [0.1, 0.15) is 12.6 Å². The minimum atomic E-state index is -0.997. The van der Waals surface area contributed by atoms with Gasteiger partial charge < -0.3 is 29.5 Å². The van der Waals surface area contributed by atoms with Crippen LogP contribution < -0.4 is 5.32 Å². The van der Waals surface area contributed by atoms with Crippen molar-refractivity contribution < 1.29 is 33.7 Å². The van der Waals surface area contributed by atoms with E-state index in [4.69, 9.17) is 19.3 Å². The average Bonchev–Trinajstić information content (AvgIpc) is 3.18. The summed E-state index contributed by atoms with van der Waals surface area (Å²) in [5.41, 5.74) is 4.44. The van der Waals surface area contributed by atoms with Gasteiger partial charge >= 0.3 is 12.1 Å². The third kappa shape index (κ3) is 5.47. The van der Waals surface area contributed by atoms with Crippen LogP contribution >= 0.6 is 0 Å². The number of amides is 2. The molecule has 0 saturated carbocycles. The largest absolute Gasteiger partial charge is 0.481 e. The number of aliphatic carboxylic acids is 1. The van der Waals surface area contributed by atoms with Crippen LogP contribution in [0.4, 0.5) is 4.79 Å². The number of methoxy groups -OCH3 is 1. The zero-order valence-electron chi connectivity index (χ0n) is 19.8. The molecule has 1 aliphatic heterocycles. The Morgan fingerprint density at radius 2 is 1.74 bits per heavy atom. The molecule has 4 rings (SSSR count). The molecule has 1 aliphatic carbocycles. The Morgan fingerprint density at radius 1 is 1.11 bits per heavy atom. The van der Waals surface area contributed by atoms with Gasteiger partial charge in [0.25, 0.3) is 0 Å². The highest BCUT2D eigenvalue weighted by atomic mass is 16.5. The monoisotopic (exact) mass is 482 g/mol. The van der Waals surface area contributed by atoms with Gasteiger partial charge in [-0.05, 0) is 29.2 Å². The first-order chi connectivity index (χ1) is 16.9. The SMILES string of the molecule is CO[C@H](C)[C@H](NC(=O)OCC1c2ccccc2-c2ccccc21)C(=O)N1CCOC(CC(=O)O)C1. The lowest BCUT2D eigenvalue weighted by molar-refractivity contribution is -0.150. The van der Waals surface area contributed by atoms with Crippen molar-refractivity contribution in [2.75, 3.05) is 33.4 Å². The zero-order chi connectivity index (χ0) is 24.9. The minimum absolute atomic E-state index is 0.0989. The number of hydrogen-bond acceptors (Lipinski definition) is 6. The Hall–Kier alpha value is -3.43. The van der Waals surface area contributed by atoms with Crippen molar-refractivity contribution in [3.05, 3.63) is 59.7 Å². The van der Waals surface area contributed by atoms with Crippen molar-refractivity contribution in [1.29, 1.82) is 0 Å². The third-order valence-electron chi connectivity index (χ3n) is 6.58. The Bertz CT molecular complexity index is 1040. The quantitative estimate of drug-likeness (QED) is 0.594. The molecule has 0 aromatic heterocycles. The highest BCUT2D eigenvalue weighted by Gasteiger charge is 2.35. The molecule has 2 aromatic carbocycles. The number of carboxylic acids is 1. The number of hydrogen-bond donors (Lipinski definition) is 2. The molecule has 2 N–H and O–H groups in total. The molecule has 35 heavy (non-hydrogen) atoms. The standard InChI is InChI=1S/C26H30N2O7/c1-16(33-2)24(25(31)28-11-12-34-17(14-28)13-23(29)30)27-26(32)35-15-22-20-9-5-3-7-18(20)19-8-4-6-10-21(19)22/h3-10,16-17,22,24H,11-15H2,1-2H3,(H,27,32)(H,29,30)/t16-,17?,24+/m1/s1. The van der Waals surface area contributed by atoms with E-state index in [9.17, 15) is 14.4 Å². The van der Waals surface area contributed by atoms with E-state index < -0.39 is 30.3 Å². The highest BCUT2D eigenvalue weighted by Crippen LogP contribution is 2.44.